The quantitative estimate of drug-likeness (QED) is 0.941. The highest BCUT2D eigenvalue weighted by molar-refractivity contribution is 7.89. The van der Waals surface area contributed by atoms with Crippen molar-refractivity contribution >= 4 is 21.4 Å². The van der Waals surface area contributed by atoms with Crippen LogP contribution in [0.15, 0.2) is 29.2 Å². The van der Waals surface area contributed by atoms with Crippen LogP contribution in [0, 0.1) is 32.1 Å². The van der Waals surface area contributed by atoms with E-state index in [2.05, 4.69) is 4.72 Å². The molecule has 0 aliphatic rings. The molecule has 1 aromatic carbocycles. The fourth-order valence-corrected chi connectivity index (χ4v) is 4.32. The molecule has 0 fully saturated rings. The molecule has 0 saturated heterocycles. The van der Waals surface area contributed by atoms with Gasteiger partial charge in [0.2, 0.25) is 10.0 Å². The van der Waals surface area contributed by atoms with Gasteiger partial charge in [-0.1, -0.05) is 0 Å². The van der Waals surface area contributed by atoms with Gasteiger partial charge in [-0.2, -0.15) is 5.26 Å². The lowest BCUT2D eigenvalue weighted by atomic mass is 10.2. The first-order valence-corrected chi connectivity index (χ1v) is 8.70. The Hall–Kier alpha value is -1.68. The molecule has 21 heavy (non-hydrogen) atoms. The molecule has 1 heterocycles. The number of benzene rings is 1. The van der Waals surface area contributed by atoms with Crippen LogP contribution in [0.1, 0.15) is 26.4 Å². The van der Waals surface area contributed by atoms with E-state index in [1.165, 1.54) is 22.6 Å². The van der Waals surface area contributed by atoms with Crippen molar-refractivity contribution in [3.8, 4) is 6.07 Å². The van der Waals surface area contributed by atoms with Crippen molar-refractivity contribution in [3.63, 3.8) is 0 Å². The van der Waals surface area contributed by atoms with E-state index < -0.39 is 10.0 Å². The predicted molar refractivity (Wildman–Crippen MR) is 83.7 cm³/mol. The van der Waals surface area contributed by atoms with Gasteiger partial charge in [-0.05, 0) is 56.2 Å². The Balaban J connectivity index is 2.21. The Bertz CT molecular complexity index is 795. The highest BCUT2D eigenvalue weighted by atomic mass is 32.2. The third-order valence-electron chi connectivity index (χ3n) is 3.25. The van der Waals surface area contributed by atoms with Crippen molar-refractivity contribution in [1.29, 1.82) is 5.26 Å². The first-order chi connectivity index (χ1) is 9.83. The molecule has 1 N–H and O–H groups in total. The zero-order valence-electron chi connectivity index (χ0n) is 12.1. The molecule has 1 aromatic heterocycles. The average Bonchev–Trinajstić information content (AvgIpc) is 2.75. The van der Waals surface area contributed by atoms with Gasteiger partial charge >= 0.3 is 0 Å². The second kappa shape index (κ2) is 5.98. The standard InChI is InChI=1S/C15H16N2O2S2/c1-10-7-14(20-12(10)3)9-17-21(18,19)15-5-4-13(8-16)6-11(15)2/h4-7,17H,9H2,1-3H3. The van der Waals surface area contributed by atoms with Crippen LogP contribution < -0.4 is 4.72 Å². The highest BCUT2D eigenvalue weighted by Gasteiger charge is 2.17. The lowest BCUT2D eigenvalue weighted by Gasteiger charge is -2.08. The van der Waals surface area contributed by atoms with E-state index >= 15 is 0 Å². The topological polar surface area (TPSA) is 70.0 Å². The number of rotatable bonds is 4. The van der Waals surface area contributed by atoms with Crippen molar-refractivity contribution in [2.24, 2.45) is 0 Å². The lowest BCUT2D eigenvalue weighted by Crippen LogP contribution is -2.23. The maximum atomic E-state index is 12.3. The van der Waals surface area contributed by atoms with Crippen LogP contribution in [-0.4, -0.2) is 8.42 Å². The number of thiophene rings is 1. The Morgan fingerprint density at radius 1 is 1.19 bits per heavy atom. The fourth-order valence-electron chi connectivity index (χ4n) is 2.00. The summed E-state index contributed by atoms with van der Waals surface area (Å²) in [7, 11) is -3.57. The Morgan fingerprint density at radius 2 is 1.90 bits per heavy atom. The van der Waals surface area contributed by atoms with E-state index in [1.54, 1.807) is 24.3 Å². The van der Waals surface area contributed by atoms with Crippen LogP contribution in [-0.2, 0) is 16.6 Å². The zero-order valence-corrected chi connectivity index (χ0v) is 13.7. The molecule has 2 aromatic rings. The van der Waals surface area contributed by atoms with Crippen molar-refractivity contribution in [2.75, 3.05) is 0 Å². The highest BCUT2D eigenvalue weighted by Crippen LogP contribution is 2.22. The van der Waals surface area contributed by atoms with Gasteiger partial charge in [0.05, 0.1) is 16.5 Å². The molecule has 0 bridgehead atoms. The molecular formula is C15H16N2O2S2. The normalized spacial score (nSPS) is 11.3. The van der Waals surface area contributed by atoms with Crippen molar-refractivity contribution in [2.45, 2.75) is 32.2 Å². The summed E-state index contributed by atoms with van der Waals surface area (Å²) >= 11 is 1.59. The second-order valence-corrected chi connectivity index (χ2v) is 7.94. The van der Waals surface area contributed by atoms with Gasteiger partial charge in [-0.3, -0.25) is 0 Å². The first-order valence-electron chi connectivity index (χ1n) is 6.40. The van der Waals surface area contributed by atoms with Gasteiger partial charge in [0.15, 0.2) is 0 Å². The van der Waals surface area contributed by atoms with Crippen molar-refractivity contribution < 1.29 is 8.42 Å². The smallest absolute Gasteiger partial charge is 0.207 e. The third-order valence-corrected chi connectivity index (χ3v) is 5.96. The van der Waals surface area contributed by atoms with Crippen molar-refractivity contribution in [1.82, 2.24) is 4.72 Å². The summed E-state index contributed by atoms with van der Waals surface area (Å²) in [5.74, 6) is 0. The molecule has 0 unspecified atom stereocenters. The molecule has 0 spiro atoms. The SMILES string of the molecule is Cc1cc(C#N)ccc1S(=O)(=O)NCc1cc(C)c(C)s1. The maximum absolute atomic E-state index is 12.3. The van der Waals surface area contributed by atoms with Crippen LogP contribution in [0.5, 0.6) is 0 Å². The number of sulfonamides is 1. The van der Waals surface area contributed by atoms with E-state index in [0.29, 0.717) is 11.1 Å². The van der Waals surface area contributed by atoms with Gasteiger partial charge in [0.25, 0.3) is 0 Å². The number of nitrogens with zero attached hydrogens (tertiary/aromatic N) is 1. The van der Waals surface area contributed by atoms with E-state index in [9.17, 15) is 8.42 Å². The van der Waals surface area contributed by atoms with Crippen LogP contribution in [0.4, 0.5) is 0 Å². The summed E-state index contributed by atoms with van der Waals surface area (Å²) in [6.45, 7) is 5.99. The number of hydrogen-bond donors (Lipinski definition) is 1. The molecule has 0 saturated carbocycles. The summed E-state index contributed by atoms with van der Waals surface area (Å²) in [5, 5.41) is 8.82. The minimum absolute atomic E-state index is 0.214. The molecule has 0 aliphatic heterocycles. The van der Waals surface area contributed by atoms with Crippen molar-refractivity contribution in [3.05, 3.63) is 50.7 Å². The summed E-state index contributed by atoms with van der Waals surface area (Å²) in [6, 6.07) is 8.56. The van der Waals surface area contributed by atoms with E-state index in [0.717, 1.165) is 4.88 Å². The monoisotopic (exact) mass is 320 g/mol. The molecule has 2 rings (SSSR count). The summed E-state index contributed by atoms with van der Waals surface area (Å²) in [5.41, 5.74) is 2.19. The zero-order chi connectivity index (χ0) is 15.6. The summed E-state index contributed by atoms with van der Waals surface area (Å²) in [4.78, 5) is 2.39. The van der Waals surface area contributed by atoms with Gasteiger partial charge in [0.1, 0.15) is 0 Å². The minimum atomic E-state index is -3.57. The van der Waals surface area contributed by atoms with E-state index in [4.69, 9.17) is 5.26 Å². The lowest BCUT2D eigenvalue weighted by molar-refractivity contribution is 0.581. The van der Waals surface area contributed by atoms with Gasteiger partial charge in [0, 0.05) is 16.3 Å². The van der Waals surface area contributed by atoms with Gasteiger partial charge < -0.3 is 0 Å². The van der Waals surface area contributed by atoms with E-state index in [-0.39, 0.29) is 11.4 Å². The Kier molecular flexibility index (Phi) is 4.47. The number of nitrogens with one attached hydrogen (secondary N) is 1. The van der Waals surface area contributed by atoms with Crippen LogP contribution in [0.3, 0.4) is 0 Å². The van der Waals surface area contributed by atoms with E-state index in [1.807, 2.05) is 26.0 Å². The van der Waals surface area contributed by atoms with Gasteiger partial charge in [-0.25, -0.2) is 13.1 Å². The van der Waals surface area contributed by atoms with Crippen LogP contribution >= 0.6 is 11.3 Å². The summed E-state index contributed by atoms with van der Waals surface area (Å²) in [6.07, 6.45) is 0. The minimum Gasteiger partial charge on any atom is -0.207 e. The number of nitriles is 1. The molecule has 0 atom stereocenters. The summed E-state index contributed by atoms with van der Waals surface area (Å²) < 4.78 is 27.3. The number of hydrogen-bond acceptors (Lipinski definition) is 4. The predicted octanol–water partition coefficient (Wildman–Crippen LogP) is 3.02. The van der Waals surface area contributed by atoms with Crippen LogP contribution in [0.25, 0.3) is 0 Å². The molecule has 0 aliphatic carbocycles. The van der Waals surface area contributed by atoms with Gasteiger partial charge in [-0.15, -0.1) is 11.3 Å². The first kappa shape index (κ1) is 15.7. The molecular weight excluding hydrogens is 304 g/mol. The molecule has 6 heteroatoms. The fraction of sp³-hybridized carbons (Fsp3) is 0.267. The molecule has 4 nitrogen and oxygen atoms in total. The maximum Gasteiger partial charge on any atom is 0.241 e. The molecule has 0 radical (unpaired) electrons. The largest absolute Gasteiger partial charge is 0.241 e. The molecule has 0 amide bonds. The Morgan fingerprint density at radius 3 is 2.43 bits per heavy atom. The van der Waals surface area contributed by atoms with Crippen LogP contribution in [0.2, 0.25) is 0 Å². The second-order valence-electron chi connectivity index (χ2n) is 4.87. The Labute approximate surface area is 129 Å². The molecule has 110 valence electrons. The third kappa shape index (κ3) is 3.50. The average molecular weight is 320 g/mol. The number of aryl methyl sites for hydroxylation is 3.